The molecule has 0 aromatic heterocycles. The highest BCUT2D eigenvalue weighted by Crippen LogP contribution is 2.29. The Kier molecular flexibility index (Phi) is 4.02. The van der Waals surface area contributed by atoms with Gasteiger partial charge in [-0.1, -0.05) is 19.1 Å². The van der Waals surface area contributed by atoms with Crippen LogP contribution in [0.4, 0.5) is 0 Å². The maximum Gasteiger partial charge on any atom is 0.122 e. The quantitative estimate of drug-likeness (QED) is 0.598. The van der Waals surface area contributed by atoms with Crippen molar-refractivity contribution in [2.45, 2.75) is 45.7 Å². The van der Waals surface area contributed by atoms with Crippen LogP contribution in [0, 0.1) is 12.3 Å². The second-order valence-corrected chi connectivity index (χ2v) is 5.26. The minimum atomic E-state index is 0.150. The van der Waals surface area contributed by atoms with Gasteiger partial charge in [0.2, 0.25) is 0 Å². The number of nitrogen functional groups attached to an aromatic ring is 1. The zero-order valence-electron chi connectivity index (χ0n) is 11.4. The average molecular weight is 245 g/mol. The van der Waals surface area contributed by atoms with Crippen LogP contribution in [-0.4, -0.2) is 23.3 Å². The van der Waals surface area contributed by atoms with Gasteiger partial charge in [0, 0.05) is 18.2 Å². The number of hydrogen-bond acceptors (Lipinski definition) is 2. The molecule has 0 saturated heterocycles. The molecule has 0 atom stereocenters. The SMILES string of the molecule is CCCN(Cc1ccc(C(=N)N)cc1C)C1CC1. The van der Waals surface area contributed by atoms with Crippen molar-refractivity contribution in [2.75, 3.05) is 6.54 Å². The Bertz CT molecular complexity index is 435. The third-order valence-corrected chi connectivity index (χ3v) is 3.60. The van der Waals surface area contributed by atoms with Gasteiger partial charge < -0.3 is 5.73 Å². The summed E-state index contributed by atoms with van der Waals surface area (Å²) in [6.45, 7) is 6.56. The molecule has 1 aliphatic carbocycles. The molecule has 1 aliphatic rings. The number of hydrogen-bond donors (Lipinski definition) is 2. The zero-order valence-corrected chi connectivity index (χ0v) is 11.4. The summed E-state index contributed by atoms with van der Waals surface area (Å²) in [5.74, 6) is 0.150. The number of amidine groups is 1. The first-order chi connectivity index (χ1) is 8.61. The van der Waals surface area contributed by atoms with E-state index in [1.807, 2.05) is 12.1 Å². The average Bonchev–Trinajstić information content (AvgIpc) is 3.14. The van der Waals surface area contributed by atoms with Gasteiger partial charge in [-0.15, -0.1) is 0 Å². The number of nitrogens with zero attached hydrogens (tertiary/aromatic N) is 1. The van der Waals surface area contributed by atoms with Crippen molar-refractivity contribution in [1.82, 2.24) is 4.90 Å². The van der Waals surface area contributed by atoms with Crippen LogP contribution in [0.5, 0.6) is 0 Å². The Labute approximate surface area is 109 Å². The van der Waals surface area contributed by atoms with Crippen LogP contribution in [0.1, 0.15) is 42.9 Å². The molecule has 0 spiro atoms. The van der Waals surface area contributed by atoms with E-state index >= 15 is 0 Å². The zero-order chi connectivity index (χ0) is 13.1. The minimum Gasteiger partial charge on any atom is -0.384 e. The molecule has 1 aromatic carbocycles. The van der Waals surface area contributed by atoms with Crippen molar-refractivity contribution in [3.8, 4) is 0 Å². The van der Waals surface area contributed by atoms with Gasteiger partial charge in [-0.2, -0.15) is 0 Å². The summed E-state index contributed by atoms with van der Waals surface area (Å²) in [4.78, 5) is 2.58. The van der Waals surface area contributed by atoms with E-state index < -0.39 is 0 Å². The molecule has 0 aliphatic heterocycles. The highest BCUT2D eigenvalue weighted by molar-refractivity contribution is 5.95. The molecule has 0 unspecified atom stereocenters. The first kappa shape index (κ1) is 13.1. The Morgan fingerprint density at radius 1 is 1.44 bits per heavy atom. The molecule has 98 valence electrons. The van der Waals surface area contributed by atoms with E-state index in [1.165, 1.54) is 36.9 Å². The van der Waals surface area contributed by atoms with Crippen LogP contribution in [-0.2, 0) is 6.54 Å². The summed E-state index contributed by atoms with van der Waals surface area (Å²) >= 11 is 0. The van der Waals surface area contributed by atoms with Crippen molar-refractivity contribution in [3.63, 3.8) is 0 Å². The summed E-state index contributed by atoms with van der Waals surface area (Å²) in [6, 6.07) is 6.91. The molecule has 3 nitrogen and oxygen atoms in total. The van der Waals surface area contributed by atoms with Crippen molar-refractivity contribution in [3.05, 3.63) is 34.9 Å². The first-order valence-electron chi connectivity index (χ1n) is 6.79. The largest absolute Gasteiger partial charge is 0.384 e. The van der Waals surface area contributed by atoms with Crippen LogP contribution in [0.3, 0.4) is 0 Å². The van der Waals surface area contributed by atoms with Gasteiger partial charge in [0.25, 0.3) is 0 Å². The van der Waals surface area contributed by atoms with Gasteiger partial charge >= 0.3 is 0 Å². The lowest BCUT2D eigenvalue weighted by molar-refractivity contribution is 0.255. The molecule has 0 amide bonds. The Hall–Kier alpha value is -1.35. The first-order valence-corrected chi connectivity index (χ1v) is 6.79. The monoisotopic (exact) mass is 245 g/mol. The molecule has 2 rings (SSSR count). The highest BCUT2D eigenvalue weighted by Gasteiger charge is 2.28. The topological polar surface area (TPSA) is 53.1 Å². The molecule has 0 bridgehead atoms. The number of aryl methyl sites for hydroxylation is 1. The lowest BCUT2D eigenvalue weighted by Crippen LogP contribution is -2.26. The highest BCUT2D eigenvalue weighted by atomic mass is 15.2. The summed E-state index contributed by atoms with van der Waals surface area (Å²) < 4.78 is 0. The Morgan fingerprint density at radius 2 is 2.17 bits per heavy atom. The molecular weight excluding hydrogens is 222 g/mol. The van der Waals surface area contributed by atoms with Gasteiger partial charge in [0.15, 0.2) is 0 Å². The molecule has 1 aromatic rings. The van der Waals surface area contributed by atoms with E-state index in [2.05, 4.69) is 24.8 Å². The summed E-state index contributed by atoms with van der Waals surface area (Å²) in [5, 5.41) is 7.46. The maximum absolute atomic E-state index is 7.46. The summed E-state index contributed by atoms with van der Waals surface area (Å²) in [7, 11) is 0. The van der Waals surface area contributed by atoms with Crippen molar-refractivity contribution in [2.24, 2.45) is 5.73 Å². The van der Waals surface area contributed by atoms with Crippen LogP contribution in [0.15, 0.2) is 18.2 Å². The second kappa shape index (κ2) is 5.53. The third kappa shape index (κ3) is 3.10. The maximum atomic E-state index is 7.46. The van der Waals surface area contributed by atoms with E-state index in [1.54, 1.807) is 0 Å². The fourth-order valence-corrected chi connectivity index (χ4v) is 2.38. The number of nitrogens with two attached hydrogens (primary N) is 1. The lowest BCUT2D eigenvalue weighted by atomic mass is 10.0. The molecule has 3 heteroatoms. The van der Waals surface area contributed by atoms with Gasteiger partial charge in [0.05, 0.1) is 0 Å². The van der Waals surface area contributed by atoms with Crippen LogP contribution in [0.2, 0.25) is 0 Å². The van der Waals surface area contributed by atoms with E-state index in [4.69, 9.17) is 11.1 Å². The lowest BCUT2D eigenvalue weighted by Gasteiger charge is -2.22. The molecule has 1 fully saturated rings. The van der Waals surface area contributed by atoms with Gasteiger partial charge in [-0.25, -0.2) is 0 Å². The van der Waals surface area contributed by atoms with Gasteiger partial charge in [0.1, 0.15) is 5.84 Å². The van der Waals surface area contributed by atoms with Crippen LogP contribution < -0.4 is 5.73 Å². The van der Waals surface area contributed by atoms with Gasteiger partial charge in [-0.3, -0.25) is 10.3 Å². The standard InChI is InChI=1S/C15H23N3/c1-3-8-18(14-6-7-14)10-13-5-4-12(15(16)17)9-11(13)2/h4-5,9,14H,3,6-8,10H2,1-2H3,(H3,16,17). The van der Waals surface area contributed by atoms with Gasteiger partial charge in [-0.05, 0) is 49.9 Å². The molecule has 1 saturated carbocycles. The van der Waals surface area contributed by atoms with Crippen LogP contribution in [0.25, 0.3) is 0 Å². The normalized spacial score (nSPS) is 15.1. The number of rotatable bonds is 6. The predicted octanol–water partition coefficient (Wildman–Crippen LogP) is 2.65. The summed E-state index contributed by atoms with van der Waals surface area (Å²) in [5.41, 5.74) is 8.94. The third-order valence-electron chi connectivity index (χ3n) is 3.60. The molecule has 18 heavy (non-hydrogen) atoms. The predicted molar refractivity (Wildman–Crippen MR) is 75.9 cm³/mol. The van der Waals surface area contributed by atoms with Crippen LogP contribution >= 0.6 is 0 Å². The smallest absolute Gasteiger partial charge is 0.122 e. The molecule has 0 heterocycles. The van der Waals surface area contributed by atoms with E-state index in [-0.39, 0.29) is 5.84 Å². The van der Waals surface area contributed by atoms with Crippen molar-refractivity contribution in [1.29, 1.82) is 5.41 Å². The summed E-state index contributed by atoms with van der Waals surface area (Å²) in [6.07, 6.45) is 3.91. The molecule has 0 radical (unpaired) electrons. The van der Waals surface area contributed by atoms with E-state index in [9.17, 15) is 0 Å². The molecule has 3 N–H and O–H groups in total. The number of benzene rings is 1. The second-order valence-electron chi connectivity index (χ2n) is 5.26. The molecular formula is C15H23N3. The Morgan fingerprint density at radius 3 is 2.67 bits per heavy atom. The van der Waals surface area contributed by atoms with E-state index in [0.717, 1.165) is 18.2 Å². The van der Waals surface area contributed by atoms with E-state index in [0.29, 0.717) is 0 Å². The van der Waals surface area contributed by atoms with Crippen molar-refractivity contribution >= 4 is 5.84 Å². The fraction of sp³-hybridized carbons (Fsp3) is 0.533. The minimum absolute atomic E-state index is 0.150. The number of nitrogens with one attached hydrogen (secondary N) is 1. The Balaban J connectivity index is 2.10. The fourth-order valence-electron chi connectivity index (χ4n) is 2.38. The van der Waals surface area contributed by atoms with Crippen molar-refractivity contribution < 1.29 is 0 Å².